The molecule has 6 nitrogen and oxygen atoms in total. The standard InChI is InChI=1S/C14H26N2O4S/c1-21(18,19)16(12-6-3-2-4-7-12)11-14(17)15-10-13-8-5-9-20-13/h12-13H,2-11H2,1H3,(H,15,17)/t13-/m1/s1. The van der Waals surface area contributed by atoms with Gasteiger partial charge in [0.25, 0.3) is 0 Å². The van der Waals surface area contributed by atoms with Gasteiger partial charge in [-0.15, -0.1) is 0 Å². The van der Waals surface area contributed by atoms with Crippen molar-refractivity contribution in [3.8, 4) is 0 Å². The zero-order valence-electron chi connectivity index (χ0n) is 12.7. The Labute approximate surface area is 127 Å². The highest BCUT2D eigenvalue weighted by atomic mass is 32.2. The van der Waals surface area contributed by atoms with Crippen molar-refractivity contribution >= 4 is 15.9 Å². The van der Waals surface area contributed by atoms with Crippen molar-refractivity contribution in [2.24, 2.45) is 0 Å². The van der Waals surface area contributed by atoms with Crippen LogP contribution in [0, 0.1) is 0 Å². The first-order chi connectivity index (χ1) is 9.97. The van der Waals surface area contributed by atoms with Crippen LogP contribution in [0.1, 0.15) is 44.9 Å². The fourth-order valence-corrected chi connectivity index (χ4v) is 4.22. The lowest BCUT2D eigenvalue weighted by Crippen LogP contribution is -2.47. The van der Waals surface area contributed by atoms with Crippen molar-refractivity contribution in [3.05, 3.63) is 0 Å². The maximum absolute atomic E-state index is 12.0. The Morgan fingerprint density at radius 2 is 1.90 bits per heavy atom. The predicted octanol–water partition coefficient (Wildman–Crippen LogP) is 0.876. The molecule has 0 bridgehead atoms. The third-order valence-electron chi connectivity index (χ3n) is 4.26. The number of nitrogens with zero attached hydrogens (tertiary/aromatic N) is 1. The van der Waals surface area contributed by atoms with Gasteiger partial charge in [0.2, 0.25) is 15.9 Å². The molecule has 0 unspecified atom stereocenters. The summed E-state index contributed by atoms with van der Waals surface area (Å²) in [5.74, 6) is -0.235. The second kappa shape index (κ2) is 7.56. The van der Waals surface area contributed by atoms with Gasteiger partial charge >= 0.3 is 0 Å². The first-order valence-corrected chi connectivity index (χ1v) is 9.67. The van der Waals surface area contributed by atoms with Crippen LogP contribution in [-0.2, 0) is 19.6 Å². The van der Waals surface area contributed by atoms with E-state index in [-0.39, 0.29) is 24.6 Å². The summed E-state index contributed by atoms with van der Waals surface area (Å²) >= 11 is 0. The van der Waals surface area contributed by atoms with Crippen LogP contribution in [0.15, 0.2) is 0 Å². The second-order valence-electron chi connectivity index (χ2n) is 6.04. The van der Waals surface area contributed by atoms with Crippen LogP contribution < -0.4 is 5.32 Å². The van der Waals surface area contributed by atoms with Crippen LogP contribution in [0.2, 0.25) is 0 Å². The molecule has 21 heavy (non-hydrogen) atoms. The van der Waals surface area contributed by atoms with Gasteiger partial charge in [-0.3, -0.25) is 4.79 Å². The molecule has 1 atom stereocenters. The fourth-order valence-electron chi connectivity index (χ4n) is 3.12. The average Bonchev–Trinajstić information content (AvgIpc) is 2.95. The summed E-state index contributed by atoms with van der Waals surface area (Å²) in [5.41, 5.74) is 0. The molecule has 7 heteroatoms. The minimum Gasteiger partial charge on any atom is -0.376 e. The first-order valence-electron chi connectivity index (χ1n) is 7.82. The molecule has 0 radical (unpaired) electrons. The third-order valence-corrected chi connectivity index (χ3v) is 5.54. The molecule has 1 aliphatic heterocycles. The summed E-state index contributed by atoms with van der Waals surface area (Å²) in [7, 11) is -3.36. The van der Waals surface area contributed by atoms with Gasteiger partial charge in [0.1, 0.15) is 0 Å². The second-order valence-corrected chi connectivity index (χ2v) is 7.97. The van der Waals surface area contributed by atoms with E-state index in [0.717, 1.165) is 51.6 Å². The number of nitrogens with one attached hydrogen (secondary N) is 1. The first kappa shape index (κ1) is 16.7. The van der Waals surface area contributed by atoms with Gasteiger partial charge in [0.15, 0.2) is 0 Å². The Balaban J connectivity index is 1.86. The number of hydrogen-bond donors (Lipinski definition) is 1. The van der Waals surface area contributed by atoms with Crippen molar-refractivity contribution in [2.75, 3.05) is 26.0 Å². The summed E-state index contributed by atoms with van der Waals surface area (Å²) in [5, 5.41) is 2.80. The van der Waals surface area contributed by atoms with E-state index in [4.69, 9.17) is 4.74 Å². The lowest BCUT2D eigenvalue weighted by molar-refractivity contribution is -0.122. The van der Waals surface area contributed by atoms with Gasteiger partial charge in [-0.25, -0.2) is 8.42 Å². The summed E-state index contributed by atoms with van der Waals surface area (Å²) in [4.78, 5) is 12.0. The van der Waals surface area contributed by atoms with Crippen molar-refractivity contribution in [2.45, 2.75) is 57.1 Å². The van der Waals surface area contributed by atoms with Crippen LogP contribution in [0.25, 0.3) is 0 Å². The summed E-state index contributed by atoms with van der Waals surface area (Å²) in [6.45, 7) is 1.15. The Bertz CT molecular complexity index is 440. The fraction of sp³-hybridized carbons (Fsp3) is 0.929. The van der Waals surface area contributed by atoms with Crippen molar-refractivity contribution in [3.63, 3.8) is 0 Å². The molecule has 0 aromatic heterocycles. The Morgan fingerprint density at radius 1 is 1.19 bits per heavy atom. The third kappa shape index (κ3) is 5.23. The lowest BCUT2D eigenvalue weighted by atomic mass is 9.95. The van der Waals surface area contributed by atoms with Crippen LogP contribution in [0.5, 0.6) is 0 Å². The highest BCUT2D eigenvalue weighted by Crippen LogP contribution is 2.24. The topological polar surface area (TPSA) is 75.7 Å². The number of hydrogen-bond acceptors (Lipinski definition) is 4. The predicted molar refractivity (Wildman–Crippen MR) is 80.4 cm³/mol. The Hall–Kier alpha value is -0.660. The van der Waals surface area contributed by atoms with E-state index < -0.39 is 10.0 Å². The molecule has 1 heterocycles. The molecule has 2 rings (SSSR count). The van der Waals surface area contributed by atoms with Crippen LogP contribution in [0.3, 0.4) is 0 Å². The van der Waals surface area contributed by atoms with Crippen molar-refractivity contribution in [1.82, 2.24) is 9.62 Å². The van der Waals surface area contributed by atoms with Crippen molar-refractivity contribution < 1.29 is 17.9 Å². The largest absolute Gasteiger partial charge is 0.376 e. The van der Waals surface area contributed by atoms with E-state index in [1.807, 2.05) is 0 Å². The van der Waals surface area contributed by atoms with E-state index >= 15 is 0 Å². The minimum atomic E-state index is -3.36. The average molecular weight is 318 g/mol. The van der Waals surface area contributed by atoms with Crippen molar-refractivity contribution in [1.29, 1.82) is 0 Å². The number of carbonyl (C=O) groups excluding carboxylic acids is 1. The van der Waals surface area contributed by atoms with E-state index in [1.54, 1.807) is 0 Å². The normalized spacial score (nSPS) is 24.4. The van der Waals surface area contributed by atoms with E-state index in [9.17, 15) is 13.2 Å². The Kier molecular flexibility index (Phi) is 6.01. The maximum atomic E-state index is 12.0. The van der Waals surface area contributed by atoms with Gasteiger partial charge in [-0.2, -0.15) is 4.31 Å². The van der Waals surface area contributed by atoms with Crippen LogP contribution in [-0.4, -0.2) is 56.7 Å². The molecule has 2 fully saturated rings. The summed E-state index contributed by atoms with van der Waals surface area (Å²) in [6, 6.07) is -0.0257. The number of amides is 1. The SMILES string of the molecule is CS(=O)(=O)N(CC(=O)NC[C@H]1CCCO1)C1CCCCC1. The molecule has 1 saturated carbocycles. The van der Waals surface area contributed by atoms with Gasteiger partial charge in [-0.1, -0.05) is 19.3 Å². The zero-order chi connectivity index (χ0) is 15.3. The molecule has 122 valence electrons. The highest BCUT2D eigenvalue weighted by molar-refractivity contribution is 7.88. The van der Waals surface area contributed by atoms with E-state index in [2.05, 4.69) is 5.32 Å². The molecular weight excluding hydrogens is 292 g/mol. The lowest BCUT2D eigenvalue weighted by Gasteiger charge is -2.31. The monoisotopic (exact) mass is 318 g/mol. The van der Waals surface area contributed by atoms with E-state index in [0.29, 0.717) is 6.54 Å². The quantitative estimate of drug-likeness (QED) is 0.789. The number of sulfonamides is 1. The van der Waals surface area contributed by atoms with Crippen LogP contribution in [0.4, 0.5) is 0 Å². The maximum Gasteiger partial charge on any atom is 0.235 e. The molecule has 1 aliphatic carbocycles. The minimum absolute atomic E-state index is 0.0257. The number of carbonyl (C=O) groups is 1. The molecule has 1 saturated heterocycles. The summed E-state index contributed by atoms with van der Waals surface area (Å²) < 4.78 is 30.7. The van der Waals surface area contributed by atoms with Gasteiger partial charge in [0.05, 0.1) is 18.9 Å². The van der Waals surface area contributed by atoms with Gasteiger partial charge in [-0.05, 0) is 25.7 Å². The zero-order valence-corrected chi connectivity index (χ0v) is 13.5. The van der Waals surface area contributed by atoms with Gasteiger partial charge in [0, 0.05) is 19.2 Å². The van der Waals surface area contributed by atoms with Crippen LogP contribution >= 0.6 is 0 Å². The molecule has 1 N–H and O–H groups in total. The molecule has 2 aliphatic rings. The highest BCUT2D eigenvalue weighted by Gasteiger charge is 2.30. The number of ether oxygens (including phenoxy) is 1. The molecule has 0 spiro atoms. The van der Waals surface area contributed by atoms with E-state index in [1.165, 1.54) is 10.6 Å². The molecule has 0 aromatic rings. The Morgan fingerprint density at radius 3 is 2.48 bits per heavy atom. The molecular formula is C14H26N2O4S. The number of rotatable bonds is 6. The van der Waals surface area contributed by atoms with Gasteiger partial charge < -0.3 is 10.1 Å². The summed E-state index contributed by atoms with van der Waals surface area (Å²) in [6.07, 6.45) is 8.18. The molecule has 0 aromatic carbocycles. The molecule has 1 amide bonds. The smallest absolute Gasteiger partial charge is 0.235 e.